The van der Waals surface area contributed by atoms with Gasteiger partial charge in [-0.05, 0) is 32.4 Å². The van der Waals surface area contributed by atoms with Gasteiger partial charge in [0, 0.05) is 19.5 Å². The zero-order valence-electron chi connectivity index (χ0n) is 8.96. The summed E-state index contributed by atoms with van der Waals surface area (Å²) < 4.78 is 0. The van der Waals surface area contributed by atoms with E-state index in [2.05, 4.69) is 23.8 Å². The lowest BCUT2D eigenvalue weighted by Crippen LogP contribution is -2.30. The monoisotopic (exact) mass is 196 g/mol. The highest BCUT2D eigenvalue weighted by atomic mass is 16.1. The van der Waals surface area contributed by atoms with Gasteiger partial charge in [-0.3, -0.25) is 4.79 Å². The largest absolute Gasteiger partial charge is 0.356 e. The number of rotatable bonds is 5. The third-order valence-corrected chi connectivity index (χ3v) is 2.65. The van der Waals surface area contributed by atoms with Crippen molar-refractivity contribution in [3.05, 3.63) is 12.7 Å². The lowest BCUT2D eigenvalue weighted by Gasteiger charge is -2.11. The SMILES string of the molecule is C=CCCC(=O)NC[C@@H]1CCN(C)C1. The molecule has 3 nitrogen and oxygen atoms in total. The van der Waals surface area contributed by atoms with E-state index in [-0.39, 0.29) is 5.91 Å². The molecule has 1 amide bonds. The van der Waals surface area contributed by atoms with Crippen LogP contribution in [0.2, 0.25) is 0 Å². The summed E-state index contributed by atoms with van der Waals surface area (Å²) in [6, 6.07) is 0. The van der Waals surface area contributed by atoms with Gasteiger partial charge in [-0.1, -0.05) is 6.08 Å². The molecule has 80 valence electrons. The van der Waals surface area contributed by atoms with E-state index in [4.69, 9.17) is 0 Å². The van der Waals surface area contributed by atoms with E-state index in [0.29, 0.717) is 12.3 Å². The first-order valence-electron chi connectivity index (χ1n) is 5.28. The first-order valence-corrected chi connectivity index (χ1v) is 5.28. The summed E-state index contributed by atoms with van der Waals surface area (Å²) in [6.07, 6.45) is 4.34. The molecule has 14 heavy (non-hydrogen) atoms. The van der Waals surface area contributed by atoms with Crippen LogP contribution in [0.3, 0.4) is 0 Å². The molecule has 0 aromatic carbocycles. The molecule has 1 fully saturated rings. The molecule has 0 radical (unpaired) electrons. The van der Waals surface area contributed by atoms with Gasteiger partial charge in [-0.25, -0.2) is 0 Å². The molecular formula is C11H20N2O. The fourth-order valence-corrected chi connectivity index (χ4v) is 1.77. The van der Waals surface area contributed by atoms with Gasteiger partial charge in [-0.15, -0.1) is 6.58 Å². The molecule has 1 N–H and O–H groups in total. The summed E-state index contributed by atoms with van der Waals surface area (Å²) in [4.78, 5) is 13.6. The molecule has 1 heterocycles. The second-order valence-electron chi connectivity index (χ2n) is 4.05. The fourth-order valence-electron chi connectivity index (χ4n) is 1.77. The molecule has 3 heteroatoms. The number of allylic oxidation sites excluding steroid dienone is 1. The quantitative estimate of drug-likeness (QED) is 0.666. The van der Waals surface area contributed by atoms with Crippen molar-refractivity contribution in [3.8, 4) is 0 Å². The zero-order chi connectivity index (χ0) is 10.4. The molecule has 0 aliphatic carbocycles. The van der Waals surface area contributed by atoms with Gasteiger partial charge in [0.1, 0.15) is 0 Å². The van der Waals surface area contributed by atoms with Crippen LogP contribution in [0.4, 0.5) is 0 Å². The van der Waals surface area contributed by atoms with Gasteiger partial charge in [0.2, 0.25) is 5.91 Å². The predicted molar refractivity (Wildman–Crippen MR) is 58.0 cm³/mol. The van der Waals surface area contributed by atoms with Gasteiger partial charge in [-0.2, -0.15) is 0 Å². The Morgan fingerprint density at radius 2 is 2.50 bits per heavy atom. The molecule has 1 saturated heterocycles. The lowest BCUT2D eigenvalue weighted by molar-refractivity contribution is -0.121. The maximum atomic E-state index is 11.3. The zero-order valence-corrected chi connectivity index (χ0v) is 8.96. The molecule has 1 aliphatic heterocycles. The van der Waals surface area contributed by atoms with Crippen molar-refractivity contribution >= 4 is 5.91 Å². The van der Waals surface area contributed by atoms with Crippen LogP contribution in [-0.2, 0) is 4.79 Å². The minimum absolute atomic E-state index is 0.152. The smallest absolute Gasteiger partial charge is 0.220 e. The van der Waals surface area contributed by atoms with E-state index in [9.17, 15) is 4.79 Å². The third kappa shape index (κ3) is 3.92. The van der Waals surface area contributed by atoms with Crippen molar-refractivity contribution in [1.82, 2.24) is 10.2 Å². The minimum Gasteiger partial charge on any atom is -0.356 e. The average molecular weight is 196 g/mol. The maximum absolute atomic E-state index is 11.3. The van der Waals surface area contributed by atoms with Gasteiger partial charge in [0.05, 0.1) is 0 Å². The standard InChI is InChI=1S/C11H20N2O/c1-3-4-5-11(14)12-8-10-6-7-13(2)9-10/h3,10H,1,4-9H2,2H3,(H,12,14)/t10-/m0/s1. The van der Waals surface area contributed by atoms with Crippen LogP contribution >= 0.6 is 0 Å². The number of carbonyl (C=O) groups excluding carboxylic acids is 1. The van der Waals surface area contributed by atoms with Crippen molar-refractivity contribution in [2.75, 3.05) is 26.7 Å². The Balaban J connectivity index is 2.08. The number of hydrogen-bond acceptors (Lipinski definition) is 2. The molecule has 0 saturated carbocycles. The summed E-state index contributed by atoms with van der Waals surface area (Å²) >= 11 is 0. The summed E-state index contributed by atoms with van der Waals surface area (Å²) in [5.74, 6) is 0.798. The average Bonchev–Trinajstić information content (AvgIpc) is 2.58. The first-order chi connectivity index (χ1) is 6.72. The highest BCUT2D eigenvalue weighted by Gasteiger charge is 2.19. The highest BCUT2D eigenvalue weighted by molar-refractivity contribution is 5.75. The molecule has 1 atom stereocenters. The third-order valence-electron chi connectivity index (χ3n) is 2.65. The lowest BCUT2D eigenvalue weighted by atomic mass is 10.1. The first kappa shape index (κ1) is 11.2. The summed E-state index contributed by atoms with van der Waals surface area (Å²) in [7, 11) is 2.12. The Morgan fingerprint density at radius 3 is 3.07 bits per heavy atom. The van der Waals surface area contributed by atoms with Crippen LogP contribution in [0.5, 0.6) is 0 Å². The second kappa shape index (κ2) is 5.81. The van der Waals surface area contributed by atoms with E-state index < -0.39 is 0 Å². The number of amides is 1. The number of likely N-dealkylation sites (tertiary alicyclic amines) is 1. The number of hydrogen-bond donors (Lipinski definition) is 1. The van der Waals surface area contributed by atoms with Crippen LogP contribution < -0.4 is 5.32 Å². The molecule has 0 unspecified atom stereocenters. The summed E-state index contributed by atoms with van der Waals surface area (Å²) in [6.45, 7) is 6.70. The molecule has 0 spiro atoms. The summed E-state index contributed by atoms with van der Waals surface area (Å²) in [5.41, 5.74) is 0. The Morgan fingerprint density at radius 1 is 1.71 bits per heavy atom. The topological polar surface area (TPSA) is 32.3 Å². The van der Waals surface area contributed by atoms with E-state index >= 15 is 0 Å². The molecule has 0 bridgehead atoms. The van der Waals surface area contributed by atoms with E-state index in [0.717, 1.165) is 26.1 Å². The normalized spacial score (nSPS) is 22.2. The predicted octanol–water partition coefficient (Wildman–Crippen LogP) is 1.02. The van der Waals surface area contributed by atoms with Crippen molar-refractivity contribution in [2.45, 2.75) is 19.3 Å². The number of nitrogens with one attached hydrogen (secondary N) is 1. The van der Waals surface area contributed by atoms with Crippen molar-refractivity contribution in [1.29, 1.82) is 0 Å². The van der Waals surface area contributed by atoms with Gasteiger partial charge >= 0.3 is 0 Å². The second-order valence-corrected chi connectivity index (χ2v) is 4.05. The molecule has 1 rings (SSSR count). The fraction of sp³-hybridized carbons (Fsp3) is 0.727. The molecule has 0 aromatic heterocycles. The number of carbonyl (C=O) groups is 1. The number of nitrogens with zero attached hydrogens (tertiary/aromatic N) is 1. The van der Waals surface area contributed by atoms with Gasteiger partial charge in [0.15, 0.2) is 0 Å². The van der Waals surface area contributed by atoms with Crippen LogP contribution in [0, 0.1) is 5.92 Å². The Bertz CT molecular complexity index is 203. The van der Waals surface area contributed by atoms with Crippen LogP contribution in [0.25, 0.3) is 0 Å². The Labute approximate surface area is 86.2 Å². The van der Waals surface area contributed by atoms with E-state index in [1.165, 1.54) is 6.42 Å². The molecule has 1 aliphatic rings. The highest BCUT2D eigenvalue weighted by Crippen LogP contribution is 2.12. The minimum atomic E-state index is 0.152. The summed E-state index contributed by atoms with van der Waals surface area (Å²) in [5, 5.41) is 2.97. The van der Waals surface area contributed by atoms with Crippen molar-refractivity contribution < 1.29 is 4.79 Å². The van der Waals surface area contributed by atoms with Crippen molar-refractivity contribution in [3.63, 3.8) is 0 Å². The van der Waals surface area contributed by atoms with Gasteiger partial charge in [0.25, 0.3) is 0 Å². The van der Waals surface area contributed by atoms with Crippen molar-refractivity contribution in [2.24, 2.45) is 5.92 Å². The maximum Gasteiger partial charge on any atom is 0.220 e. The molecular weight excluding hydrogens is 176 g/mol. The Kier molecular flexibility index (Phi) is 4.66. The van der Waals surface area contributed by atoms with Gasteiger partial charge < -0.3 is 10.2 Å². The van der Waals surface area contributed by atoms with Crippen LogP contribution in [0.1, 0.15) is 19.3 Å². The van der Waals surface area contributed by atoms with E-state index in [1.807, 2.05) is 0 Å². The van der Waals surface area contributed by atoms with Crippen LogP contribution in [-0.4, -0.2) is 37.5 Å². The molecule has 0 aromatic rings. The van der Waals surface area contributed by atoms with Crippen LogP contribution in [0.15, 0.2) is 12.7 Å². The van der Waals surface area contributed by atoms with E-state index in [1.54, 1.807) is 6.08 Å². The Hall–Kier alpha value is -0.830.